The van der Waals surface area contributed by atoms with Crippen LogP contribution >= 0.6 is 0 Å². The molecule has 0 aromatic heterocycles. The van der Waals surface area contributed by atoms with Gasteiger partial charge in [-0.15, -0.1) is 6.58 Å². The average Bonchev–Trinajstić information content (AvgIpc) is 2.34. The number of aryl methyl sites for hydroxylation is 1. The second-order valence-corrected chi connectivity index (χ2v) is 11.1. The monoisotopic (exact) mass is 276 g/mol. The summed E-state index contributed by atoms with van der Waals surface area (Å²) in [5, 5.41) is 0.0303. The largest absolute Gasteiger partial charge is 0.432 e. The summed E-state index contributed by atoms with van der Waals surface area (Å²) >= 11 is 0. The number of rotatable bonds is 7. The van der Waals surface area contributed by atoms with Gasteiger partial charge in [0.1, 0.15) is 0 Å². The molecule has 0 amide bonds. The van der Waals surface area contributed by atoms with E-state index in [1.165, 1.54) is 5.56 Å². The van der Waals surface area contributed by atoms with Crippen LogP contribution < -0.4 is 0 Å². The van der Waals surface area contributed by atoms with Crippen LogP contribution in [0.4, 0.5) is 0 Å². The van der Waals surface area contributed by atoms with E-state index in [1.54, 1.807) is 0 Å². The zero-order valence-corrected chi connectivity index (χ0v) is 13.8. The van der Waals surface area contributed by atoms with Crippen molar-refractivity contribution in [3.63, 3.8) is 0 Å². The molecular formula is C17H28OSi. The molecule has 0 aliphatic carbocycles. The first-order chi connectivity index (χ1) is 8.76. The van der Waals surface area contributed by atoms with Crippen LogP contribution in [0.15, 0.2) is 43.0 Å². The highest BCUT2D eigenvalue weighted by Crippen LogP contribution is 2.42. The topological polar surface area (TPSA) is 20.2 Å². The van der Waals surface area contributed by atoms with Crippen LogP contribution in [0.5, 0.6) is 0 Å². The lowest BCUT2D eigenvalue weighted by atomic mass is 9.91. The van der Waals surface area contributed by atoms with Crippen LogP contribution in [0.3, 0.4) is 0 Å². The summed E-state index contributed by atoms with van der Waals surface area (Å²) in [7, 11) is -2.12. The molecule has 0 radical (unpaired) electrons. The van der Waals surface area contributed by atoms with Crippen molar-refractivity contribution in [2.45, 2.75) is 51.2 Å². The Labute approximate surface area is 119 Å². The van der Waals surface area contributed by atoms with Crippen molar-refractivity contribution in [1.82, 2.24) is 0 Å². The zero-order valence-electron chi connectivity index (χ0n) is 12.8. The Morgan fingerprint density at radius 1 is 1.26 bits per heavy atom. The van der Waals surface area contributed by atoms with Gasteiger partial charge in [0.2, 0.25) is 0 Å². The van der Waals surface area contributed by atoms with Gasteiger partial charge < -0.3 is 4.80 Å². The first-order valence-electron chi connectivity index (χ1n) is 7.15. The van der Waals surface area contributed by atoms with Crippen molar-refractivity contribution in [3.05, 3.63) is 48.6 Å². The third kappa shape index (κ3) is 4.96. The van der Waals surface area contributed by atoms with Crippen molar-refractivity contribution in [3.8, 4) is 0 Å². The number of benzene rings is 1. The minimum absolute atomic E-state index is 0.0303. The summed E-state index contributed by atoms with van der Waals surface area (Å²) in [6, 6.07) is 10.6. The summed E-state index contributed by atoms with van der Waals surface area (Å²) in [5.41, 5.74) is 1.38. The molecule has 0 spiro atoms. The van der Waals surface area contributed by atoms with Crippen molar-refractivity contribution in [2.24, 2.45) is 5.92 Å². The van der Waals surface area contributed by atoms with E-state index in [9.17, 15) is 4.80 Å². The van der Waals surface area contributed by atoms with E-state index in [2.05, 4.69) is 56.8 Å². The van der Waals surface area contributed by atoms with Crippen LogP contribution in [0.1, 0.15) is 32.3 Å². The van der Waals surface area contributed by atoms with Gasteiger partial charge >= 0.3 is 0 Å². The minimum atomic E-state index is -2.12. The van der Waals surface area contributed by atoms with Gasteiger partial charge in [-0.2, -0.15) is 0 Å². The van der Waals surface area contributed by atoms with Gasteiger partial charge in [0.25, 0.3) is 0 Å². The normalized spacial score (nSPS) is 14.2. The molecule has 2 heteroatoms. The molecule has 1 atom stereocenters. The maximum absolute atomic E-state index is 10.4. The highest BCUT2D eigenvalue weighted by atomic mass is 28.4. The molecule has 0 saturated carbocycles. The van der Waals surface area contributed by atoms with E-state index < -0.39 is 8.32 Å². The molecule has 0 unspecified atom stereocenters. The van der Waals surface area contributed by atoms with Crippen molar-refractivity contribution >= 4 is 8.32 Å². The van der Waals surface area contributed by atoms with E-state index in [4.69, 9.17) is 0 Å². The lowest BCUT2D eigenvalue weighted by molar-refractivity contribution is 0.399. The third-order valence-corrected chi connectivity index (χ3v) is 7.93. The van der Waals surface area contributed by atoms with Gasteiger partial charge in [-0.1, -0.05) is 50.3 Å². The standard InChI is InChI=1S/C17H28OSi/c1-6-15(14-17(2,3)19(4,5)18)12-13-16-10-8-7-9-11-16/h6-11,15,18H,1,12-14H2,2-5H3/t15-/m1/s1. The van der Waals surface area contributed by atoms with E-state index in [-0.39, 0.29) is 5.04 Å². The van der Waals surface area contributed by atoms with Crippen molar-refractivity contribution < 1.29 is 4.80 Å². The Balaban J connectivity index is 2.58. The molecule has 1 N–H and O–H groups in total. The Kier molecular flexibility index (Phi) is 5.57. The fourth-order valence-corrected chi connectivity index (χ4v) is 2.97. The minimum Gasteiger partial charge on any atom is -0.432 e. The molecule has 1 nitrogen and oxygen atoms in total. The maximum Gasteiger partial charge on any atom is 0.188 e. The molecule has 106 valence electrons. The number of hydrogen-bond acceptors (Lipinski definition) is 1. The van der Waals surface area contributed by atoms with Gasteiger partial charge in [-0.25, -0.2) is 0 Å². The lowest BCUT2D eigenvalue weighted by Gasteiger charge is -2.37. The summed E-state index contributed by atoms with van der Waals surface area (Å²) in [6.45, 7) is 12.4. The van der Waals surface area contributed by atoms with Crippen LogP contribution in [0, 0.1) is 5.92 Å². The molecule has 0 fully saturated rings. The highest BCUT2D eigenvalue weighted by Gasteiger charge is 2.38. The molecule has 1 rings (SSSR count). The first kappa shape index (κ1) is 16.2. The molecular weight excluding hydrogens is 248 g/mol. The fraction of sp³-hybridized carbons (Fsp3) is 0.529. The van der Waals surface area contributed by atoms with Gasteiger partial charge in [0, 0.05) is 0 Å². The Morgan fingerprint density at radius 2 is 1.84 bits per heavy atom. The van der Waals surface area contributed by atoms with Crippen LogP contribution in [0.2, 0.25) is 18.1 Å². The van der Waals surface area contributed by atoms with Crippen molar-refractivity contribution in [1.29, 1.82) is 0 Å². The highest BCUT2D eigenvalue weighted by molar-refractivity contribution is 6.72. The van der Waals surface area contributed by atoms with Crippen LogP contribution in [-0.2, 0) is 6.42 Å². The van der Waals surface area contributed by atoms with Gasteiger partial charge in [-0.05, 0) is 48.9 Å². The number of hydrogen-bond donors (Lipinski definition) is 1. The maximum atomic E-state index is 10.4. The van der Waals surface area contributed by atoms with Gasteiger partial charge in [0.15, 0.2) is 8.32 Å². The SMILES string of the molecule is C=C[C@H](CCc1ccccc1)CC(C)(C)[Si](C)(C)O. The van der Waals surface area contributed by atoms with Crippen molar-refractivity contribution in [2.75, 3.05) is 0 Å². The molecule has 19 heavy (non-hydrogen) atoms. The van der Waals surface area contributed by atoms with E-state index in [0.29, 0.717) is 5.92 Å². The second-order valence-electron chi connectivity index (χ2n) is 6.67. The fourth-order valence-electron chi connectivity index (χ4n) is 2.21. The Hall–Kier alpha value is -0.863. The predicted molar refractivity (Wildman–Crippen MR) is 86.8 cm³/mol. The quantitative estimate of drug-likeness (QED) is 0.561. The van der Waals surface area contributed by atoms with Gasteiger partial charge in [-0.3, -0.25) is 0 Å². The Bertz CT molecular complexity index is 389. The van der Waals surface area contributed by atoms with E-state index in [1.807, 2.05) is 13.1 Å². The van der Waals surface area contributed by atoms with E-state index in [0.717, 1.165) is 19.3 Å². The zero-order chi connectivity index (χ0) is 14.5. The summed E-state index contributed by atoms with van der Waals surface area (Å²) < 4.78 is 0. The summed E-state index contributed by atoms with van der Waals surface area (Å²) in [6.07, 6.45) is 5.28. The Morgan fingerprint density at radius 3 is 2.32 bits per heavy atom. The lowest BCUT2D eigenvalue weighted by Crippen LogP contribution is -2.40. The average molecular weight is 276 g/mol. The molecule has 0 aliphatic heterocycles. The molecule has 0 bridgehead atoms. The molecule has 0 heterocycles. The molecule has 0 saturated heterocycles. The van der Waals surface area contributed by atoms with E-state index >= 15 is 0 Å². The van der Waals surface area contributed by atoms with Crippen LogP contribution in [-0.4, -0.2) is 13.1 Å². The predicted octanol–water partition coefficient (Wildman–Crippen LogP) is 4.79. The molecule has 1 aromatic carbocycles. The molecule has 0 aliphatic rings. The summed E-state index contributed by atoms with van der Waals surface area (Å²) in [4.78, 5) is 10.4. The number of allylic oxidation sites excluding steroid dienone is 1. The second kappa shape index (κ2) is 6.53. The first-order valence-corrected chi connectivity index (χ1v) is 10.1. The molecule has 1 aromatic rings. The third-order valence-electron chi connectivity index (χ3n) is 4.41. The van der Waals surface area contributed by atoms with Crippen LogP contribution in [0.25, 0.3) is 0 Å². The smallest absolute Gasteiger partial charge is 0.188 e. The van der Waals surface area contributed by atoms with Gasteiger partial charge in [0.05, 0.1) is 0 Å². The summed E-state index contributed by atoms with van der Waals surface area (Å²) in [5.74, 6) is 0.481.